The monoisotopic (exact) mass is 338 g/mol. The molecule has 0 atom stereocenters. The summed E-state index contributed by atoms with van der Waals surface area (Å²) < 4.78 is 0. The Morgan fingerprint density at radius 2 is 1.92 bits per heavy atom. The van der Waals surface area contributed by atoms with Crippen molar-refractivity contribution in [3.63, 3.8) is 0 Å². The highest BCUT2D eigenvalue weighted by Crippen LogP contribution is 2.24. The third kappa shape index (κ3) is 3.07. The van der Waals surface area contributed by atoms with E-state index < -0.39 is 0 Å². The van der Waals surface area contributed by atoms with Crippen molar-refractivity contribution in [3.8, 4) is 0 Å². The maximum absolute atomic E-state index is 4.59. The van der Waals surface area contributed by atoms with Gasteiger partial charge in [0.2, 0.25) is 5.95 Å². The summed E-state index contributed by atoms with van der Waals surface area (Å²) in [5.74, 6) is 2.63. The van der Waals surface area contributed by atoms with Gasteiger partial charge in [0, 0.05) is 44.6 Å². The average Bonchev–Trinajstić information content (AvgIpc) is 3.02. The lowest BCUT2D eigenvalue weighted by atomic mass is 10.3. The molecule has 0 amide bonds. The van der Waals surface area contributed by atoms with E-state index in [0.29, 0.717) is 5.95 Å². The van der Waals surface area contributed by atoms with Crippen LogP contribution in [0.4, 0.5) is 17.6 Å². The summed E-state index contributed by atoms with van der Waals surface area (Å²) in [4.78, 5) is 25.7. The first kappa shape index (κ1) is 15.6. The molecule has 1 fully saturated rings. The second-order valence-corrected chi connectivity index (χ2v) is 6.15. The lowest BCUT2D eigenvalue weighted by molar-refractivity contribution is 0.642. The molecule has 4 heterocycles. The number of hydrogen-bond donors (Lipinski definition) is 2. The van der Waals surface area contributed by atoms with E-state index in [0.717, 1.165) is 61.1 Å². The van der Waals surface area contributed by atoms with Gasteiger partial charge in [-0.1, -0.05) is 0 Å². The molecule has 130 valence electrons. The molecule has 8 nitrogen and oxygen atoms in total. The first-order chi connectivity index (χ1) is 12.2. The zero-order chi connectivity index (χ0) is 17.2. The van der Waals surface area contributed by atoms with E-state index >= 15 is 0 Å². The SMILES string of the molecule is CCNc1nccc(N2CCN(c3ncnc4cc(C)[nH]c34)CC2)n1. The van der Waals surface area contributed by atoms with E-state index in [1.54, 1.807) is 6.33 Å². The highest BCUT2D eigenvalue weighted by molar-refractivity contribution is 5.86. The smallest absolute Gasteiger partial charge is 0.224 e. The van der Waals surface area contributed by atoms with Crippen molar-refractivity contribution >= 4 is 28.6 Å². The topological polar surface area (TPSA) is 85.9 Å². The molecular weight excluding hydrogens is 316 g/mol. The summed E-state index contributed by atoms with van der Waals surface area (Å²) >= 11 is 0. The van der Waals surface area contributed by atoms with Gasteiger partial charge in [0.15, 0.2) is 5.82 Å². The van der Waals surface area contributed by atoms with Gasteiger partial charge in [-0.15, -0.1) is 0 Å². The summed E-state index contributed by atoms with van der Waals surface area (Å²) in [6.07, 6.45) is 3.45. The number of fused-ring (bicyclic) bond motifs is 1. The van der Waals surface area contributed by atoms with E-state index in [2.05, 4.69) is 46.1 Å². The summed E-state index contributed by atoms with van der Waals surface area (Å²) in [6, 6.07) is 4.02. The molecule has 8 heteroatoms. The van der Waals surface area contributed by atoms with Gasteiger partial charge in [-0.3, -0.25) is 0 Å². The first-order valence-electron chi connectivity index (χ1n) is 8.61. The van der Waals surface area contributed by atoms with E-state index in [4.69, 9.17) is 0 Å². The quantitative estimate of drug-likeness (QED) is 0.750. The predicted octanol–water partition coefficient (Wildman–Crippen LogP) is 1.81. The molecule has 1 saturated heterocycles. The number of hydrogen-bond acceptors (Lipinski definition) is 7. The van der Waals surface area contributed by atoms with Crippen LogP contribution in [0.2, 0.25) is 0 Å². The van der Waals surface area contributed by atoms with Crippen LogP contribution in [0, 0.1) is 6.92 Å². The molecule has 0 unspecified atom stereocenters. The van der Waals surface area contributed by atoms with Gasteiger partial charge in [0.1, 0.15) is 17.7 Å². The van der Waals surface area contributed by atoms with Crippen LogP contribution in [0.15, 0.2) is 24.7 Å². The number of H-pyrrole nitrogens is 1. The maximum atomic E-state index is 4.59. The Bertz CT molecular complexity index is 866. The van der Waals surface area contributed by atoms with Crippen LogP contribution in [0.1, 0.15) is 12.6 Å². The first-order valence-corrected chi connectivity index (χ1v) is 8.61. The summed E-state index contributed by atoms with van der Waals surface area (Å²) in [6.45, 7) is 8.48. The molecular formula is C17H22N8. The molecule has 1 aliphatic rings. The zero-order valence-corrected chi connectivity index (χ0v) is 14.5. The van der Waals surface area contributed by atoms with Gasteiger partial charge in [0.25, 0.3) is 0 Å². The van der Waals surface area contributed by atoms with Gasteiger partial charge < -0.3 is 20.1 Å². The third-order valence-electron chi connectivity index (χ3n) is 4.41. The van der Waals surface area contributed by atoms with E-state index in [9.17, 15) is 0 Å². The molecule has 4 rings (SSSR count). The van der Waals surface area contributed by atoms with Crippen molar-refractivity contribution in [1.82, 2.24) is 24.9 Å². The van der Waals surface area contributed by atoms with Crippen molar-refractivity contribution in [2.75, 3.05) is 47.8 Å². The second-order valence-electron chi connectivity index (χ2n) is 6.15. The minimum Gasteiger partial charge on any atom is -0.354 e. The van der Waals surface area contributed by atoms with Crippen molar-refractivity contribution in [2.24, 2.45) is 0 Å². The largest absolute Gasteiger partial charge is 0.354 e. The van der Waals surface area contributed by atoms with Crippen LogP contribution in [-0.4, -0.2) is 57.6 Å². The highest BCUT2D eigenvalue weighted by atomic mass is 15.3. The Morgan fingerprint density at radius 1 is 1.12 bits per heavy atom. The van der Waals surface area contributed by atoms with Crippen molar-refractivity contribution in [1.29, 1.82) is 0 Å². The number of nitrogens with zero attached hydrogens (tertiary/aromatic N) is 6. The normalized spacial score (nSPS) is 15.0. The van der Waals surface area contributed by atoms with E-state index in [-0.39, 0.29) is 0 Å². The van der Waals surface area contributed by atoms with Crippen molar-refractivity contribution in [2.45, 2.75) is 13.8 Å². The molecule has 2 N–H and O–H groups in total. The van der Waals surface area contributed by atoms with E-state index in [1.807, 2.05) is 26.1 Å². The number of aryl methyl sites for hydroxylation is 1. The molecule has 1 aliphatic heterocycles. The Hall–Kier alpha value is -2.90. The molecule has 0 bridgehead atoms. The van der Waals surface area contributed by atoms with Crippen LogP contribution < -0.4 is 15.1 Å². The minimum atomic E-state index is 0.682. The van der Waals surface area contributed by atoms with Crippen LogP contribution in [0.3, 0.4) is 0 Å². The Morgan fingerprint density at radius 3 is 2.72 bits per heavy atom. The number of rotatable bonds is 4. The summed E-state index contributed by atoms with van der Waals surface area (Å²) in [5.41, 5.74) is 3.09. The highest BCUT2D eigenvalue weighted by Gasteiger charge is 2.21. The van der Waals surface area contributed by atoms with E-state index in [1.165, 1.54) is 0 Å². The fraction of sp³-hybridized carbons (Fsp3) is 0.412. The van der Waals surface area contributed by atoms with Crippen LogP contribution in [0.5, 0.6) is 0 Å². The maximum Gasteiger partial charge on any atom is 0.224 e. The second kappa shape index (κ2) is 6.54. The standard InChI is InChI=1S/C17H22N8/c1-3-18-17-19-5-4-14(23-17)24-6-8-25(9-7-24)16-15-13(20-11-21-16)10-12(2)22-15/h4-5,10-11,22H,3,6-9H2,1-2H3,(H,18,19,23). The summed E-state index contributed by atoms with van der Waals surface area (Å²) in [7, 11) is 0. The van der Waals surface area contributed by atoms with Gasteiger partial charge in [-0.25, -0.2) is 15.0 Å². The van der Waals surface area contributed by atoms with Gasteiger partial charge in [0.05, 0.1) is 5.52 Å². The Kier molecular flexibility index (Phi) is 4.09. The number of aromatic nitrogens is 5. The Balaban J connectivity index is 1.50. The van der Waals surface area contributed by atoms with Crippen molar-refractivity contribution in [3.05, 3.63) is 30.4 Å². The molecule has 0 aliphatic carbocycles. The summed E-state index contributed by atoms with van der Waals surface area (Å²) in [5, 5.41) is 3.16. The zero-order valence-electron chi connectivity index (χ0n) is 14.5. The van der Waals surface area contributed by atoms with Gasteiger partial charge in [-0.2, -0.15) is 4.98 Å². The molecule has 0 aromatic carbocycles. The lowest BCUT2D eigenvalue weighted by Crippen LogP contribution is -2.47. The molecule has 3 aromatic rings. The molecule has 0 spiro atoms. The van der Waals surface area contributed by atoms with Crippen molar-refractivity contribution < 1.29 is 0 Å². The molecule has 0 radical (unpaired) electrons. The van der Waals surface area contributed by atoms with Gasteiger partial charge >= 0.3 is 0 Å². The fourth-order valence-electron chi connectivity index (χ4n) is 3.21. The molecule has 25 heavy (non-hydrogen) atoms. The molecule has 3 aromatic heterocycles. The fourth-order valence-corrected chi connectivity index (χ4v) is 3.21. The predicted molar refractivity (Wildman–Crippen MR) is 99.2 cm³/mol. The average molecular weight is 338 g/mol. The molecule has 0 saturated carbocycles. The number of nitrogens with one attached hydrogen (secondary N) is 2. The van der Waals surface area contributed by atoms with Crippen LogP contribution in [-0.2, 0) is 0 Å². The van der Waals surface area contributed by atoms with Crippen LogP contribution in [0.25, 0.3) is 11.0 Å². The number of aromatic amines is 1. The number of anilines is 3. The minimum absolute atomic E-state index is 0.682. The Labute approximate surface area is 146 Å². The van der Waals surface area contributed by atoms with Gasteiger partial charge in [-0.05, 0) is 26.0 Å². The van der Waals surface area contributed by atoms with Crippen LogP contribution >= 0.6 is 0 Å². The lowest BCUT2D eigenvalue weighted by Gasteiger charge is -2.36. The number of piperazine rings is 1. The third-order valence-corrected chi connectivity index (χ3v) is 4.41.